The van der Waals surface area contributed by atoms with E-state index < -0.39 is 0 Å². The summed E-state index contributed by atoms with van der Waals surface area (Å²) in [5, 5.41) is 14.0. The topological polar surface area (TPSA) is 55.2 Å². The van der Waals surface area contributed by atoms with Crippen LogP contribution in [0.1, 0.15) is 5.56 Å². The molecule has 0 aromatic heterocycles. The fraction of sp³-hybridized carbons (Fsp3) is 0.333. The maximum absolute atomic E-state index is 10.9. The molecule has 0 heterocycles. The van der Waals surface area contributed by atoms with Gasteiger partial charge in [-0.2, -0.15) is 0 Å². The molecule has 0 unspecified atom stereocenters. The molecule has 0 aliphatic carbocycles. The van der Waals surface area contributed by atoms with E-state index in [-0.39, 0.29) is 10.6 Å². The van der Waals surface area contributed by atoms with Crippen LogP contribution in [-0.4, -0.2) is 23.0 Å². The van der Waals surface area contributed by atoms with E-state index in [1.54, 1.807) is 23.9 Å². The molecule has 1 rings (SSSR count). The number of nitrogens with zero attached hydrogens (tertiary/aromatic N) is 1. The van der Waals surface area contributed by atoms with Crippen molar-refractivity contribution >= 4 is 33.4 Å². The Morgan fingerprint density at radius 3 is 3.00 bits per heavy atom. The third-order valence-electron chi connectivity index (χ3n) is 2.17. The van der Waals surface area contributed by atoms with Gasteiger partial charge < -0.3 is 5.32 Å². The Labute approximate surface area is 119 Å². The lowest BCUT2D eigenvalue weighted by molar-refractivity contribution is -0.385. The van der Waals surface area contributed by atoms with E-state index >= 15 is 0 Å². The van der Waals surface area contributed by atoms with Crippen molar-refractivity contribution in [3.8, 4) is 12.3 Å². The Kier molecular flexibility index (Phi) is 6.80. The number of halogens is 1. The average Bonchev–Trinajstić information content (AvgIpc) is 2.35. The zero-order valence-corrected chi connectivity index (χ0v) is 12.1. The number of hydrogen-bond donors (Lipinski definition) is 1. The Morgan fingerprint density at radius 1 is 1.56 bits per heavy atom. The number of benzene rings is 1. The minimum Gasteiger partial charge on any atom is -0.312 e. The van der Waals surface area contributed by atoms with Crippen molar-refractivity contribution in [3.63, 3.8) is 0 Å². The second kappa shape index (κ2) is 8.14. The maximum Gasteiger partial charge on any atom is 0.275 e. The van der Waals surface area contributed by atoms with Gasteiger partial charge >= 0.3 is 0 Å². The highest BCUT2D eigenvalue weighted by Crippen LogP contribution is 2.23. The molecule has 96 valence electrons. The molecule has 0 amide bonds. The fourth-order valence-corrected chi connectivity index (χ4v) is 2.25. The van der Waals surface area contributed by atoms with Crippen LogP contribution in [0.25, 0.3) is 0 Å². The van der Waals surface area contributed by atoms with Gasteiger partial charge in [-0.1, -0.05) is 21.9 Å². The molecule has 1 N–H and O–H groups in total. The quantitative estimate of drug-likeness (QED) is 0.362. The lowest BCUT2D eigenvalue weighted by atomic mass is 10.2. The van der Waals surface area contributed by atoms with Crippen molar-refractivity contribution < 1.29 is 4.92 Å². The van der Waals surface area contributed by atoms with Crippen LogP contribution in [-0.2, 0) is 6.54 Å². The van der Waals surface area contributed by atoms with Crippen LogP contribution in [0.2, 0.25) is 0 Å². The van der Waals surface area contributed by atoms with Crippen molar-refractivity contribution in [1.82, 2.24) is 5.32 Å². The highest BCUT2D eigenvalue weighted by atomic mass is 79.9. The molecule has 0 saturated carbocycles. The number of nitrogens with one attached hydrogen (secondary N) is 1. The summed E-state index contributed by atoms with van der Waals surface area (Å²) in [7, 11) is 0. The minimum absolute atomic E-state index is 0.133. The zero-order valence-electron chi connectivity index (χ0n) is 9.69. The van der Waals surface area contributed by atoms with Gasteiger partial charge in [0.1, 0.15) is 0 Å². The standard InChI is InChI=1S/C12H13BrN2O2S/c1-2-6-18-7-5-14-9-10-3-4-11(13)8-12(10)15(16)17/h1,3-4,8,14H,5-7,9H2. The van der Waals surface area contributed by atoms with Crippen molar-refractivity contribution in [2.24, 2.45) is 0 Å². The number of hydrogen-bond acceptors (Lipinski definition) is 4. The number of rotatable bonds is 7. The van der Waals surface area contributed by atoms with Gasteiger partial charge in [0, 0.05) is 34.9 Å². The Bertz CT molecular complexity index is 460. The summed E-state index contributed by atoms with van der Waals surface area (Å²) in [6.45, 7) is 1.26. The summed E-state index contributed by atoms with van der Waals surface area (Å²) < 4.78 is 0.711. The lowest BCUT2D eigenvalue weighted by Crippen LogP contribution is -2.17. The van der Waals surface area contributed by atoms with Crippen molar-refractivity contribution in [2.45, 2.75) is 6.54 Å². The van der Waals surface area contributed by atoms with Gasteiger partial charge in [-0.15, -0.1) is 18.2 Å². The molecule has 6 heteroatoms. The Balaban J connectivity index is 2.47. The molecule has 1 aromatic carbocycles. The third-order valence-corrected chi connectivity index (χ3v) is 3.52. The monoisotopic (exact) mass is 328 g/mol. The molecular formula is C12H13BrN2O2S. The molecule has 0 aliphatic heterocycles. The molecule has 0 aliphatic rings. The van der Waals surface area contributed by atoms with Crippen LogP contribution in [0.4, 0.5) is 5.69 Å². The number of thioether (sulfide) groups is 1. The first-order chi connectivity index (χ1) is 8.65. The first kappa shape index (κ1) is 15.0. The van der Waals surface area contributed by atoms with Crippen LogP contribution in [0.3, 0.4) is 0 Å². The first-order valence-corrected chi connectivity index (χ1v) is 7.24. The highest BCUT2D eigenvalue weighted by Gasteiger charge is 2.13. The lowest BCUT2D eigenvalue weighted by Gasteiger charge is -2.05. The highest BCUT2D eigenvalue weighted by molar-refractivity contribution is 9.10. The molecule has 0 spiro atoms. The summed E-state index contributed by atoms with van der Waals surface area (Å²) in [6, 6.07) is 5.07. The largest absolute Gasteiger partial charge is 0.312 e. The predicted octanol–water partition coefficient (Wildman–Crippen LogP) is 2.81. The molecule has 4 nitrogen and oxygen atoms in total. The number of nitro benzene ring substituents is 1. The van der Waals surface area contributed by atoms with Crippen molar-refractivity contribution in [3.05, 3.63) is 38.3 Å². The van der Waals surface area contributed by atoms with Gasteiger partial charge in [0.25, 0.3) is 5.69 Å². The first-order valence-electron chi connectivity index (χ1n) is 5.30. The van der Waals surface area contributed by atoms with E-state index in [1.165, 1.54) is 6.07 Å². The van der Waals surface area contributed by atoms with Gasteiger partial charge in [0.15, 0.2) is 0 Å². The van der Waals surface area contributed by atoms with Gasteiger partial charge in [0.2, 0.25) is 0 Å². The summed E-state index contributed by atoms with van der Waals surface area (Å²) >= 11 is 4.89. The Hall–Kier alpha value is -1.03. The fourth-order valence-electron chi connectivity index (χ4n) is 1.35. The van der Waals surface area contributed by atoms with E-state index in [1.807, 2.05) is 0 Å². The molecular weight excluding hydrogens is 316 g/mol. The zero-order chi connectivity index (χ0) is 13.4. The molecule has 0 bridgehead atoms. The molecule has 18 heavy (non-hydrogen) atoms. The van der Waals surface area contributed by atoms with Crippen LogP contribution in [0, 0.1) is 22.5 Å². The summed E-state index contributed by atoms with van der Waals surface area (Å²) in [5.74, 6) is 4.14. The van der Waals surface area contributed by atoms with Gasteiger partial charge in [-0.05, 0) is 12.1 Å². The van der Waals surface area contributed by atoms with E-state index in [0.29, 0.717) is 22.3 Å². The number of nitro groups is 1. The summed E-state index contributed by atoms with van der Waals surface area (Å²) in [5.41, 5.74) is 0.818. The SMILES string of the molecule is C#CCSCCNCc1ccc(Br)cc1[N+](=O)[O-]. The van der Waals surface area contributed by atoms with Gasteiger partial charge in [-0.25, -0.2) is 0 Å². The third kappa shape index (κ3) is 5.08. The molecule has 1 aromatic rings. The smallest absolute Gasteiger partial charge is 0.275 e. The van der Waals surface area contributed by atoms with Gasteiger partial charge in [0.05, 0.1) is 10.7 Å². The average molecular weight is 329 g/mol. The predicted molar refractivity (Wildman–Crippen MR) is 78.7 cm³/mol. The molecule has 0 atom stereocenters. The van der Waals surface area contributed by atoms with E-state index in [9.17, 15) is 10.1 Å². The molecule has 0 radical (unpaired) electrons. The van der Waals surface area contributed by atoms with E-state index in [2.05, 4.69) is 27.2 Å². The van der Waals surface area contributed by atoms with Crippen molar-refractivity contribution in [2.75, 3.05) is 18.1 Å². The van der Waals surface area contributed by atoms with Crippen LogP contribution < -0.4 is 5.32 Å². The van der Waals surface area contributed by atoms with Gasteiger partial charge in [-0.3, -0.25) is 10.1 Å². The van der Waals surface area contributed by atoms with Crippen LogP contribution >= 0.6 is 27.7 Å². The minimum atomic E-state index is -0.366. The second-order valence-corrected chi connectivity index (χ2v) is 5.48. The summed E-state index contributed by atoms with van der Waals surface area (Å²) in [4.78, 5) is 10.5. The normalized spacial score (nSPS) is 10.0. The number of terminal acetylenes is 1. The van der Waals surface area contributed by atoms with Crippen LogP contribution in [0.5, 0.6) is 0 Å². The van der Waals surface area contributed by atoms with E-state index in [0.717, 1.165) is 12.3 Å². The molecule has 0 fully saturated rings. The van der Waals surface area contributed by atoms with E-state index in [4.69, 9.17) is 6.42 Å². The Morgan fingerprint density at radius 2 is 2.33 bits per heavy atom. The molecule has 0 saturated heterocycles. The maximum atomic E-state index is 10.9. The second-order valence-electron chi connectivity index (χ2n) is 3.46. The van der Waals surface area contributed by atoms with Crippen molar-refractivity contribution in [1.29, 1.82) is 0 Å². The summed E-state index contributed by atoms with van der Waals surface area (Å²) in [6.07, 6.45) is 5.13. The van der Waals surface area contributed by atoms with Crippen LogP contribution in [0.15, 0.2) is 22.7 Å².